The first kappa shape index (κ1) is 9.49. The Morgan fingerprint density at radius 1 is 1.43 bits per heavy atom. The highest BCUT2D eigenvalue weighted by atomic mass is 35.5. The van der Waals surface area contributed by atoms with Crippen molar-refractivity contribution in [3.63, 3.8) is 0 Å². The van der Waals surface area contributed by atoms with Crippen LogP contribution in [0.5, 0.6) is 0 Å². The molecule has 0 saturated carbocycles. The van der Waals surface area contributed by atoms with Crippen molar-refractivity contribution in [2.24, 2.45) is 5.16 Å². The van der Waals surface area contributed by atoms with Gasteiger partial charge in [-0.3, -0.25) is 0 Å². The van der Waals surface area contributed by atoms with Crippen LogP contribution in [0, 0.1) is 6.92 Å². The highest BCUT2D eigenvalue weighted by Gasteiger charge is 2.11. The lowest BCUT2D eigenvalue weighted by atomic mass is 10.1. The zero-order valence-electron chi connectivity index (χ0n) is 7.49. The average molecular weight is 226 g/mol. The molecule has 0 bridgehead atoms. The summed E-state index contributed by atoms with van der Waals surface area (Å²) in [5, 5.41) is 12.9. The first-order valence-electron chi connectivity index (χ1n) is 4.10. The van der Waals surface area contributed by atoms with Gasteiger partial charge in [-0.05, 0) is 23.9 Å². The Morgan fingerprint density at radius 3 is 2.79 bits per heavy atom. The van der Waals surface area contributed by atoms with Crippen LogP contribution >= 0.6 is 22.9 Å². The number of rotatable bonds is 1. The highest BCUT2D eigenvalue weighted by molar-refractivity contribution is 7.22. The van der Waals surface area contributed by atoms with E-state index in [1.165, 1.54) is 11.3 Å². The van der Waals surface area contributed by atoms with E-state index in [4.69, 9.17) is 16.8 Å². The molecule has 0 unspecified atom stereocenters. The molecule has 1 aromatic carbocycles. The van der Waals surface area contributed by atoms with Gasteiger partial charge in [-0.2, -0.15) is 0 Å². The van der Waals surface area contributed by atoms with Crippen LogP contribution in [0.15, 0.2) is 29.4 Å². The summed E-state index contributed by atoms with van der Waals surface area (Å²) in [6.45, 7) is 1.97. The van der Waals surface area contributed by atoms with Crippen molar-refractivity contribution in [2.45, 2.75) is 6.92 Å². The number of nitrogens with zero attached hydrogens (tertiary/aromatic N) is 1. The molecule has 0 atom stereocenters. The molecular weight excluding hydrogens is 218 g/mol. The lowest BCUT2D eigenvalue weighted by molar-refractivity contribution is 0.321. The second kappa shape index (κ2) is 3.59. The third-order valence-corrected chi connectivity index (χ3v) is 3.78. The zero-order chi connectivity index (χ0) is 10.1. The van der Waals surface area contributed by atoms with Gasteiger partial charge < -0.3 is 5.21 Å². The maximum absolute atomic E-state index is 8.60. The number of hydrogen-bond donors (Lipinski definition) is 1. The van der Waals surface area contributed by atoms with E-state index in [1.807, 2.05) is 31.2 Å². The quantitative estimate of drug-likeness (QED) is 0.449. The SMILES string of the molecule is Cc1c(C(Cl)=NO)sc2ccccc12. The number of hydrogen-bond acceptors (Lipinski definition) is 3. The first-order chi connectivity index (χ1) is 6.74. The molecule has 1 aromatic heterocycles. The number of benzene rings is 1. The van der Waals surface area contributed by atoms with Crippen LogP contribution in [0.25, 0.3) is 10.1 Å². The molecule has 4 heteroatoms. The molecule has 0 aliphatic heterocycles. The Morgan fingerprint density at radius 2 is 2.14 bits per heavy atom. The van der Waals surface area contributed by atoms with Crippen LogP contribution in [0.2, 0.25) is 0 Å². The van der Waals surface area contributed by atoms with E-state index in [-0.39, 0.29) is 5.17 Å². The summed E-state index contributed by atoms with van der Waals surface area (Å²) in [6.07, 6.45) is 0. The lowest BCUT2D eigenvalue weighted by Gasteiger charge is -1.92. The van der Waals surface area contributed by atoms with Crippen molar-refractivity contribution in [3.05, 3.63) is 34.7 Å². The summed E-state index contributed by atoms with van der Waals surface area (Å²) in [5.41, 5.74) is 1.06. The average Bonchev–Trinajstić information content (AvgIpc) is 2.56. The molecule has 1 N–H and O–H groups in total. The summed E-state index contributed by atoms with van der Waals surface area (Å²) in [5.74, 6) is 0. The van der Waals surface area contributed by atoms with E-state index in [2.05, 4.69) is 5.16 Å². The van der Waals surface area contributed by atoms with E-state index in [1.54, 1.807) is 0 Å². The molecule has 0 aliphatic carbocycles. The minimum absolute atomic E-state index is 0.156. The molecule has 0 radical (unpaired) electrons. The fourth-order valence-electron chi connectivity index (χ4n) is 1.42. The molecule has 1 heterocycles. The van der Waals surface area contributed by atoms with Gasteiger partial charge in [0.15, 0.2) is 5.17 Å². The van der Waals surface area contributed by atoms with Crippen LogP contribution < -0.4 is 0 Å². The first-order valence-corrected chi connectivity index (χ1v) is 5.29. The van der Waals surface area contributed by atoms with E-state index in [9.17, 15) is 0 Å². The van der Waals surface area contributed by atoms with Crippen molar-refractivity contribution >= 4 is 38.2 Å². The monoisotopic (exact) mass is 225 g/mol. The number of fused-ring (bicyclic) bond motifs is 1. The Balaban J connectivity index is 2.75. The normalized spacial score (nSPS) is 12.3. The molecule has 0 fully saturated rings. The van der Waals surface area contributed by atoms with Gasteiger partial charge in [0.1, 0.15) is 0 Å². The van der Waals surface area contributed by atoms with Gasteiger partial charge in [0, 0.05) is 4.70 Å². The topological polar surface area (TPSA) is 32.6 Å². The summed E-state index contributed by atoms with van der Waals surface area (Å²) in [4.78, 5) is 0.829. The molecule has 0 amide bonds. The molecule has 2 rings (SSSR count). The molecule has 2 aromatic rings. The molecule has 72 valence electrons. The van der Waals surface area contributed by atoms with Crippen LogP contribution in [-0.4, -0.2) is 10.4 Å². The molecule has 14 heavy (non-hydrogen) atoms. The molecular formula is C10H8ClNOS. The molecule has 0 aliphatic rings. The van der Waals surface area contributed by atoms with Gasteiger partial charge in [0.2, 0.25) is 0 Å². The Kier molecular flexibility index (Phi) is 2.44. The van der Waals surface area contributed by atoms with Crippen LogP contribution in [0.4, 0.5) is 0 Å². The van der Waals surface area contributed by atoms with Gasteiger partial charge in [0.05, 0.1) is 4.88 Å². The smallest absolute Gasteiger partial charge is 0.185 e. The van der Waals surface area contributed by atoms with Crippen molar-refractivity contribution < 1.29 is 5.21 Å². The fraction of sp³-hybridized carbons (Fsp3) is 0.100. The summed E-state index contributed by atoms with van der Waals surface area (Å²) in [6, 6.07) is 8.02. The van der Waals surface area contributed by atoms with E-state index >= 15 is 0 Å². The maximum atomic E-state index is 8.60. The summed E-state index contributed by atoms with van der Waals surface area (Å²) < 4.78 is 1.15. The number of oxime groups is 1. The summed E-state index contributed by atoms with van der Waals surface area (Å²) in [7, 11) is 0. The van der Waals surface area contributed by atoms with Crippen LogP contribution in [-0.2, 0) is 0 Å². The maximum Gasteiger partial charge on any atom is 0.185 e. The minimum Gasteiger partial charge on any atom is -0.410 e. The third kappa shape index (κ3) is 1.38. The minimum atomic E-state index is 0.156. The van der Waals surface area contributed by atoms with E-state index in [0.29, 0.717) is 0 Å². The second-order valence-electron chi connectivity index (χ2n) is 2.94. The van der Waals surface area contributed by atoms with E-state index < -0.39 is 0 Å². The van der Waals surface area contributed by atoms with Crippen molar-refractivity contribution in [1.82, 2.24) is 0 Å². The molecule has 2 nitrogen and oxygen atoms in total. The molecule has 0 spiro atoms. The molecule has 0 saturated heterocycles. The lowest BCUT2D eigenvalue weighted by Crippen LogP contribution is -1.88. The number of aryl methyl sites for hydroxylation is 1. The zero-order valence-corrected chi connectivity index (χ0v) is 9.06. The highest BCUT2D eigenvalue weighted by Crippen LogP contribution is 2.31. The van der Waals surface area contributed by atoms with Gasteiger partial charge in [-0.25, -0.2) is 0 Å². The number of halogens is 1. The van der Waals surface area contributed by atoms with Crippen molar-refractivity contribution in [2.75, 3.05) is 0 Å². The van der Waals surface area contributed by atoms with Crippen LogP contribution in [0.1, 0.15) is 10.4 Å². The van der Waals surface area contributed by atoms with Gasteiger partial charge in [-0.1, -0.05) is 35.0 Å². The number of thiophene rings is 1. The second-order valence-corrected chi connectivity index (χ2v) is 4.35. The van der Waals surface area contributed by atoms with Crippen LogP contribution in [0.3, 0.4) is 0 Å². The summed E-state index contributed by atoms with van der Waals surface area (Å²) >= 11 is 7.31. The fourth-order valence-corrected chi connectivity index (χ4v) is 2.76. The Hall–Kier alpha value is -1.06. The standard InChI is InChI=1S/C10H8ClNOS/c1-6-7-4-2-3-5-8(7)14-9(6)10(11)12-13/h2-5,13H,1H3. The van der Waals surface area contributed by atoms with Gasteiger partial charge in [0.25, 0.3) is 0 Å². The predicted molar refractivity (Wildman–Crippen MR) is 60.7 cm³/mol. The third-order valence-electron chi connectivity index (χ3n) is 2.12. The van der Waals surface area contributed by atoms with Crippen molar-refractivity contribution in [3.8, 4) is 0 Å². The largest absolute Gasteiger partial charge is 0.410 e. The Labute approximate surface area is 90.4 Å². The van der Waals surface area contributed by atoms with Crippen molar-refractivity contribution in [1.29, 1.82) is 0 Å². The van der Waals surface area contributed by atoms with E-state index in [0.717, 1.165) is 20.5 Å². The van der Waals surface area contributed by atoms with Gasteiger partial charge in [-0.15, -0.1) is 11.3 Å². The van der Waals surface area contributed by atoms with Gasteiger partial charge >= 0.3 is 0 Å². The Bertz CT molecular complexity index is 504. The predicted octanol–water partition coefficient (Wildman–Crippen LogP) is 3.58.